The van der Waals surface area contributed by atoms with Gasteiger partial charge in [0.15, 0.2) is 0 Å². The van der Waals surface area contributed by atoms with Gasteiger partial charge in [-0.05, 0) is 52.0 Å². The smallest absolute Gasteiger partial charge is 0.0734 e. The molecule has 2 unspecified atom stereocenters. The van der Waals surface area contributed by atoms with Crippen molar-refractivity contribution in [3.05, 3.63) is 0 Å². The lowest BCUT2D eigenvalue weighted by Gasteiger charge is -2.41. The number of nitrogens with one attached hydrogen (secondary N) is 1. The van der Waals surface area contributed by atoms with Crippen LogP contribution in [-0.2, 0) is 9.47 Å². The van der Waals surface area contributed by atoms with Crippen molar-refractivity contribution in [1.82, 2.24) is 5.32 Å². The molecule has 3 heteroatoms. The zero-order valence-electron chi connectivity index (χ0n) is 13.7. The van der Waals surface area contributed by atoms with Crippen molar-refractivity contribution < 1.29 is 9.47 Å². The predicted molar refractivity (Wildman–Crippen MR) is 80.5 cm³/mol. The van der Waals surface area contributed by atoms with Crippen LogP contribution in [-0.4, -0.2) is 37.5 Å². The van der Waals surface area contributed by atoms with Crippen molar-refractivity contribution in [3.63, 3.8) is 0 Å². The average molecular weight is 271 g/mol. The van der Waals surface area contributed by atoms with E-state index in [4.69, 9.17) is 9.47 Å². The standard InChI is InChI=1S/C16H33NO2/c1-7-17-13-8-9-16(5,6)12-14(13)18-10-11-19-15(2,3)4/h13-14,17H,7-12H2,1-6H3. The summed E-state index contributed by atoms with van der Waals surface area (Å²) in [6.45, 7) is 15.5. The summed E-state index contributed by atoms with van der Waals surface area (Å²) >= 11 is 0. The third-order valence-electron chi connectivity index (χ3n) is 3.75. The summed E-state index contributed by atoms with van der Waals surface area (Å²) in [5.41, 5.74) is 0.331. The minimum Gasteiger partial charge on any atom is -0.374 e. The molecule has 1 rings (SSSR count). The molecular weight excluding hydrogens is 238 g/mol. The van der Waals surface area contributed by atoms with E-state index in [9.17, 15) is 0 Å². The van der Waals surface area contributed by atoms with Gasteiger partial charge in [-0.15, -0.1) is 0 Å². The number of rotatable bonds is 6. The quantitative estimate of drug-likeness (QED) is 0.751. The molecule has 0 bridgehead atoms. The summed E-state index contributed by atoms with van der Waals surface area (Å²) in [6, 6.07) is 0.507. The van der Waals surface area contributed by atoms with Crippen molar-refractivity contribution in [2.24, 2.45) is 5.41 Å². The summed E-state index contributed by atoms with van der Waals surface area (Å²) < 4.78 is 11.8. The normalized spacial score (nSPS) is 27.5. The fraction of sp³-hybridized carbons (Fsp3) is 1.00. The zero-order valence-corrected chi connectivity index (χ0v) is 13.7. The van der Waals surface area contributed by atoms with Crippen LogP contribution in [0.4, 0.5) is 0 Å². The predicted octanol–water partition coefficient (Wildman–Crippen LogP) is 3.37. The third-order valence-corrected chi connectivity index (χ3v) is 3.75. The number of ether oxygens (including phenoxy) is 2. The summed E-state index contributed by atoms with van der Waals surface area (Å²) in [4.78, 5) is 0. The molecule has 0 heterocycles. The van der Waals surface area contributed by atoms with Crippen LogP contribution in [0.3, 0.4) is 0 Å². The van der Waals surface area contributed by atoms with Gasteiger partial charge in [0, 0.05) is 6.04 Å². The highest BCUT2D eigenvalue weighted by Crippen LogP contribution is 2.36. The Hall–Kier alpha value is -0.120. The molecule has 114 valence electrons. The van der Waals surface area contributed by atoms with Gasteiger partial charge in [0.25, 0.3) is 0 Å². The number of likely N-dealkylation sites (N-methyl/N-ethyl adjacent to an activating group) is 1. The van der Waals surface area contributed by atoms with Crippen molar-refractivity contribution in [1.29, 1.82) is 0 Å². The molecule has 0 aromatic rings. The first kappa shape index (κ1) is 16.9. The maximum absolute atomic E-state index is 6.09. The van der Waals surface area contributed by atoms with Crippen LogP contribution in [0.2, 0.25) is 0 Å². The molecule has 0 spiro atoms. The molecule has 19 heavy (non-hydrogen) atoms. The zero-order chi connectivity index (χ0) is 14.5. The molecule has 1 fully saturated rings. The molecule has 0 radical (unpaired) electrons. The first-order valence-corrected chi connectivity index (χ1v) is 7.72. The first-order chi connectivity index (χ1) is 8.73. The van der Waals surface area contributed by atoms with Gasteiger partial charge in [-0.2, -0.15) is 0 Å². The minimum absolute atomic E-state index is 0.0731. The van der Waals surface area contributed by atoms with Gasteiger partial charge in [-0.3, -0.25) is 0 Å². The Bertz CT molecular complexity index is 258. The van der Waals surface area contributed by atoms with Crippen LogP contribution in [0.5, 0.6) is 0 Å². The molecule has 0 saturated heterocycles. The Balaban J connectivity index is 2.37. The van der Waals surface area contributed by atoms with Crippen LogP contribution in [0.15, 0.2) is 0 Å². The van der Waals surface area contributed by atoms with E-state index in [0.717, 1.165) is 13.0 Å². The van der Waals surface area contributed by atoms with Crippen LogP contribution in [0, 0.1) is 5.41 Å². The van der Waals surface area contributed by atoms with Gasteiger partial charge in [-0.25, -0.2) is 0 Å². The molecule has 0 aromatic heterocycles. The lowest BCUT2D eigenvalue weighted by Crippen LogP contribution is -2.48. The van der Waals surface area contributed by atoms with Crippen molar-refractivity contribution in [3.8, 4) is 0 Å². The average Bonchev–Trinajstić information content (AvgIpc) is 2.26. The molecule has 0 aromatic carbocycles. The highest BCUT2D eigenvalue weighted by molar-refractivity contribution is 4.89. The lowest BCUT2D eigenvalue weighted by molar-refractivity contribution is -0.0768. The topological polar surface area (TPSA) is 30.5 Å². The van der Waals surface area contributed by atoms with Crippen molar-refractivity contribution in [2.45, 2.75) is 78.6 Å². The van der Waals surface area contributed by atoms with Crippen molar-refractivity contribution >= 4 is 0 Å². The SMILES string of the molecule is CCNC1CCC(C)(C)CC1OCCOC(C)(C)C. The highest BCUT2D eigenvalue weighted by atomic mass is 16.5. The largest absolute Gasteiger partial charge is 0.374 e. The van der Waals surface area contributed by atoms with E-state index < -0.39 is 0 Å². The van der Waals surface area contributed by atoms with Crippen molar-refractivity contribution in [2.75, 3.05) is 19.8 Å². The molecule has 1 saturated carbocycles. The number of hydrogen-bond donors (Lipinski definition) is 1. The molecular formula is C16H33NO2. The molecule has 1 N–H and O–H groups in total. The van der Waals surface area contributed by atoms with E-state index in [0.29, 0.717) is 30.8 Å². The van der Waals surface area contributed by atoms with Crippen LogP contribution in [0.1, 0.15) is 60.8 Å². The lowest BCUT2D eigenvalue weighted by atomic mass is 9.74. The fourth-order valence-electron chi connectivity index (χ4n) is 2.74. The molecule has 2 atom stereocenters. The van der Waals surface area contributed by atoms with Gasteiger partial charge >= 0.3 is 0 Å². The third kappa shape index (κ3) is 6.73. The summed E-state index contributed by atoms with van der Waals surface area (Å²) in [6.07, 6.45) is 3.96. The maximum atomic E-state index is 6.09. The minimum atomic E-state index is -0.0731. The summed E-state index contributed by atoms with van der Waals surface area (Å²) in [7, 11) is 0. The highest BCUT2D eigenvalue weighted by Gasteiger charge is 2.35. The second kappa shape index (κ2) is 7.05. The Kier molecular flexibility index (Phi) is 6.28. The summed E-state index contributed by atoms with van der Waals surface area (Å²) in [5.74, 6) is 0. The van der Waals surface area contributed by atoms with E-state index in [2.05, 4.69) is 46.9 Å². The van der Waals surface area contributed by atoms with Crippen LogP contribution in [0.25, 0.3) is 0 Å². The Labute approximate surface area is 119 Å². The van der Waals surface area contributed by atoms with Crippen LogP contribution < -0.4 is 5.32 Å². The van der Waals surface area contributed by atoms with Gasteiger partial charge in [0.05, 0.1) is 24.9 Å². The fourth-order valence-corrected chi connectivity index (χ4v) is 2.74. The van der Waals surface area contributed by atoms with Gasteiger partial charge in [0.2, 0.25) is 0 Å². The Morgan fingerprint density at radius 1 is 1.21 bits per heavy atom. The first-order valence-electron chi connectivity index (χ1n) is 7.72. The van der Waals surface area contributed by atoms with Gasteiger partial charge in [0.1, 0.15) is 0 Å². The molecule has 3 nitrogen and oxygen atoms in total. The molecule has 0 amide bonds. The molecule has 0 aliphatic heterocycles. The van der Waals surface area contributed by atoms with Gasteiger partial charge < -0.3 is 14.8 Å². The number of hydrogen-bond acceptors (Lipinski definition) is 3. The monoisotopic (exact) mass is 271 g/mol. The van der Waals surface area contributed by atoms with Gasteiger partial charge in [-0.1, -0.05) is 20.8 Å². The van der Waals surface area contributed by atoms with E-state index in [1.54, 1.807) is 0 Å². The Morgan fingerprint density at radius 3 is 2.47 bits per heavy atom. The van der Waals surface area contributed by atoms with E-state index >= 15 is 0 Å². The molecule has 1 aliphatic carbocycles. The Morgan fingerprint density at radius 2 is 1.89 bits per heavy atom. The maximum Gasteiger partial charge on any atom is 0.0734 e. The summed E-state index contributed by atoms with van der Waals surface area (Å²) in [5, 5.41) is 3.56. The van der Waals surface area contributed by atoms with E-state index in [1.807, 2.05) is 0 Å². The molecule has 1 aliphatic rings. The van der Waals surface area contributed by atoms with Crippen LogP contribution >= 0.6 is 0 Å². The second-order valence-corrected chi connectivity index (χ2v) is 7.44. The second-order valence-electron chi connectivity index (χ2n) is 7.44. The van der Waals surface area contributed by atoms with E-state index in [-0.39, 0.29) is 5.60 Å². The van der Waals surface area contributed by atoms with E-state index in [1.165, 1.54) is 12.8 Å².